The summed E-state index contributed by atoms with van der Waals surface area (Å²) in [6.07, 6.45) is 9.58. The van der Waals surface area contributed by atoms with Crippen molar-refractivity contribution < 1.29 is 4.79 Å². The van der Waals surface area contributed by atoms with Gasteiger partial charge in [0.1, 0.15) is 0 Å². The van der Waals surface area contributed by atoms with E-state index in [0.29, 0.717) is 5.92 Å². The molecule has 17 heavy (non-hydrogen) atoms. The Bertz CT molecular complexity index is 222. The summed E-state index contributed by atoms with van der Waals surface area (Å²) in [6.45, 7) is 4.19. The van der Waals surface area contributed by atoms with Gasteiger partial charge in [-0.05, 0) is 32.1 Å². The monoisotopic (exact) mass is 240 g/mol. The molecule has 0 heterocycles. The number of carbonyl (C=O) groups excluding carboxylic acids is 1. The van der Waals surface area contributed by atoms with E-state index in [1.165, 1.54) is 38.5 Å². The molecule has 1 aliphatic carbocycles. The number of nitrogens with two attached hydrogens (primary N) is 1. The molecule has 0 bridgehead atoms. The van der Waals surface area contributed by atoms with E-state index in [1.54, 1.807) is 0 Å². The molecule has 2 atom stereocenters. The van der Waals surface area contributed by atoms with E-state index in [0.717, 1.165) is 12.8 Å². The molecule has 3 N–H and O–H groups in total. The van der Waals surface area contributed by atoms with Crippen molar-refractivity contribution in [2.45, 2.75) is 77.3 Å². The van der Waals surface area contributed by atoms with E-state index in [9.17, 15) is 4.79 Å². The smallest absolute Gasteiger partial charge is 0.237 e. The molecule has 100 valence electrons. The minimum atomic E-state index is -0.326. The first-order chi connectivity index (χ1) is 8.15. The highest BCUT2D eigenvalue weighted by atomic mass is 16.2. The van der Waals surface area contributed by atoms with Crippen LogP contribution in [0.1, 0.15) is 65.2 Å². The Labute approximate surface area is 106 Å². The van der Waals surface area contributed by atoms with Crippen LogP contribution in [0.3, 0.4) is 0 Å². The standard InChI is InChI=1S/C14H28N2O/c1-3-8-13(15)14(17)16-11(2)12-9-6-4-5-7-10-12/h11-13H,3-10,15H2,1-2H3,(H,16,17)/t11-,13-/m0/s1. The van der Waals surface area contributed by atoms with E-state index in [2.05, 4.69) is 19.2 Å². The maximum atomic E-state index is 11.8. The number of nitrogens with one attached hydrogen (secondary N) is 1. The van der Waals surface area contributed by atoms with Crippen molar-refractivity contribution >= 4 is 5.91 Å². The van der Waals surface area contributed by atoms with Gasteiger partial charge in [0.15, 0.2) is 0 Å². The molecule has 0 aromatic carbocycles. The van der Waals surface area contributed by atoms with Gasteiger partial charge in [0.05, 0.1) is 6.04 Å². The van der Waals surface area contributed by atoms with Crippen molar-refractivity contribution in [1.29, 1.82) is 0 Å². The van der Waals surface area contributed by atoms with Crippen molar-refractivity contribution in [3.8, 4) is 0 Å². The van der Waals surface area contributed by atoms with Crippen LogP contribution in [0, 0.1) is 5.92 Å². The molecule has 0 aromatic heterocycles. The molecule has 0 radical (unpaired) electrons. The third-order valence-corrected chi connectivity index (χ3v) is 3.91. The Balaban J connectivity index is 2.35. The number of hydrogen-bond acceptors (Lipinski definition) is 2. The molecule has 0 spiro atoms. The van der Waals surface area contributed by atoms with E-state index < -0.39 is 0 Å². The first-order valence-corrected chi connectivity index (χ1v) is 7.21. The van der Waals surface area contributed by atoms with Gasteiger partial charge in [-0.1, -0.05) is 39.0 Å². The van der Waals surface area contributed by atoms with Crippen LogP contribution >= 0.6 is 0 Å². The van der Waals surface area contributed by atoms with E-state index in [1.807, 2.05) is 0 Å². The molecule has 0 aromatic rings. The van der Waals surface area contributed by atoms with Crippen LogP contribution in [0.4, 0.5) is 0 Å². The fourth-order valence-corrected chi connectivity index (χ4v) is 2.70. The van der Waals surface area contributed by atoms with Crippen molar-refractivity contribution in [1.82, 2.24) is 5.32 Å². The largest absolute Gasteiger partial charge is 0.352 e. The van der Waals surface area contributed by atoms with Gasteiger partial charge in [-0.15, -0.1) is 0 Å². The maximum absolute atomic E-state index is 11.8. The van der Waals surface area contributed by atoms with Gasteiger partial charge in [-0.3, -0.25) is 4.79 Å². The summed E-state index contributed by atoms with van der Waals surface area (Å²) in [4.78, 5) is 11.8. The van der Waals surface area contributed by atoms with Gasteiger partial charge in [0.2, 0.25) is 5.91 Å². The highest BCUT2D eigenvalue weighted by Crippen LogP contribution is 2.25. The van der Waals surface area contributed by atoms with Crippen molar-refractivity contribution in [2.75, 3.05) is 0 Å². The molecule has 3 heteroatoms. The molecule has 0 saturated heterocycles. The fourth-order valence-electron chi connectivity index (χ4n) is 2.70. The summed E-state index contributed by atoms with van der Waals surface area (Å²) >= 11 is 0. The summed E-state index contributed by atoms with van der Waals surface area (Å²) < 4.78 is 0. The minimum absolute atomic E-state index is 0.0311. The minimum Gasteiger partial charge on any atom is -0.352 e. The lowest BCUT2D eigenvalue weighted by Gasteiger charge is -2.25. The Kier molecular flexibility index (Phi) is 6.56. The highest BCUT2D eigenvalue weighted by Gasteiger charge is 2.22. The predicted octanol–water partition coefficient (Wildman–Crippen LogP) is 2.59. The normalized spacial score (nSPS) is 21.6. The lowest BCUT2D eigenvalue weighted by molar-refractivity contribution is -0.123. The van der Waals surface area contributed by atoms with Crippen molar-refractivity contribution in [2.24, 2.45) is 11.7 Å². The topological polar surface area (TPSA) is 55.1 Å². The van der Waals surface area contributed by atoms with Gasteiger partial charge < -0.3 is 11.1 Å². The Morgan fingerprint density at radius 1 is 1.29 bits per heavy atom. The second-order valence-electron chi connectivity index (χ2n) is 5.44. The average molecular weight is 240 g/mol. The van der Waals surface area contributed by atoms with Crippen molar-refractivity contribution in [3.63, 3.8) is 0 Å². The van der Waals surface area contributed by atoms with Crippen LogP contribution in [0.2, 0.25) is 0 Å². The van der Waals surface area contributed by atoms with Gasteiger partial charge in [0, 0.05) is 6.04 Å². The van der Waals surface area contributed by atoms with Gasteiger partial charge in [-0.2, -0.15) is 0 Å². The van der Waals surface area contributed by atoms with Gasteiger partial charge >= 0.3 is 0 Å². The second kappa shape index (κ2) is 7.70. The lowest BCUT2D eigenvalue weighted by Crippen LogP contribution is -2.46. The quantitative estimate of drug-likeness (QED) is 0.726. The van der Waals surface area contributed by atoms with Crippen LogP contribution in [-0.2, 0) is 4.79 Å². The molecular weight excluding hydrogens is 212 g/mol. The lowest BCUT2D eigenvalue weighted by atomic mass is 9.92. The van der Waals surface area contributed by atoms with Crippen molar-refractivity contribution in [3.05, 3.63) is 0 Å². The van der Waals surface area contributed by atoms with Gasteiger partial charge in [0.25, 0.3) is 0 Å². The SMILES string of the molecule is CCC[C@H](N)C(=O)N[C@@H](C)C1CCCCCC1. The summed E-state index contributed by atoms with van der Waals surface area (Å²) in [5.74, 6) is 0.680. The first kappa shape index (κ1) is 14.5. The molecular formula is C14H28N2O. The van der Waals surface area contributed by atoms with Gasteiger partial charge in [-0.25, -0.2) is 0 Å². The maximum Gasteiger partial charge on any atom is 0.237 e. The number of rotatable bonds is 5. The van der Waals surface area contributed by atoms with Crippen LogP contribution in [0.15, 0.2) is 0 Å². The molecule has 1 rings (SSSR count). The molecule has 0 aliphatic heterocycles. The van der Waals surface area contributed by atoms with E-state index >= 15 is 0 Å². The fraction of sp³-hybridized carbons (Fsp3) is 0.929. The summed E-state index contributed by atoms with van der Waals surface area (Å²) in [5, 5.41) is 3.10. The van der Waals surface area contributed by atoms with E-state index in [-0.39, 0.29) is 18.0 Å². The number of hydrogen-bond donors (Lipinski definition) is 2. The third kappa shape index (κ3) is 5.07. The number of amides is 1. The van der Waals surface area contributed by atoms with Crippen LogP contribution in [-0.4, -0.2) is 18.0 Å². The zero-order valence-electron chi connectivity index (χ0n) is 11.4. The first-order valence-electron chi connectivity index (χ1n) is 7.21. The van der Waals surface area contributed by atoms with Crippen LogP contribution in [0.25, 0.3) is 0 Å². The third-order valence-electron chi connectivity index (χ3n) is 3.91. The summed E-state index contributed by atoms with van der Waals surface area (Å²) in [6, 6.07) is -0.0447. The molecule has 1 amide bonds. The van der Waals surface area contributed by atoms with E-state index in [4.69, 9.17) is 5.73 Å². The molecule has 3 nitrogen and oxygen atoms in total. The Morgan fingerprint density at radius 3 is 2.41 bits per heavy atom. The molecule has 1 fully saturated rings. The summed E-state index contributed by atoms with van der Waals surface area (Å²) in [5.41, 5.74) is 5.82. The Morgan fingerprint density at radius 2 is 1.88 bits per heavy atom. The number of carbonyl (C=O) groups is 1. The predicted molar refractivity (Wildman–Crippen MR) is 71.7 cm³/mol. The molecule has 1 saturated carbocycles. The molecule has 1 aliphatic rings. The average Bonchev–Trinajstić information content (AvgIpc) is 2.57. The second-order valence-corrected chi connectivity index (χ2v) is 5.44. The summed E-state index contributed by atoms with van der Waals surface area (Å²) in [7, 11) is 0. The zero-order chi connectivity index (χ0) is 12.7. The zero-order valence-corrected chi connectivity index (χ0v) is 11.4. The molecule has 0 unspecified atom stereocenters. The Hall–Kier alpha value is -0.570. The van der Waals surface area contributed by atoms with Crippen LogP contribution < -0.4 is 11.1 Å². The van der Waals surface area contributed by atoms with Crippen LogP contribution in [0.5, 0.6) is 0 Å². The highest BCUT2D eigenvalue weighted by molar-refractivity contribution is 5.81.